The fourth-order valence-corrected chi connectivity index (χ4v) is 1.61. The molecule has 4 nitrogen and oxygen atoms in total. The number of amides is 1. The van der Waals surface area contributed by atoms with E-state index >= 15 is 0 Å². The van der Waals surface area contributed by atoms with Crippen molar-refractivity contribution in [2.45, 2.75) is 0 Å². The number of para-hydroxylation sites is 1. The van der Waals surface area contributed by atoms with Crippen molar-refractivity contribution in [2.75, 3.05) is 25.0 Å². The van der Waals surface area contributed by atoms with Crippen molar-refractivity contribution in [2.24, 2.45) is 0 Å². The number of carbonyl (C=O) groups excluding carboxylic acids is 1. The van der Waals surface area contributed by atoms with Gasteiger partial charge >= 0.3 is 0 Å². The molecule has 1 aromatic rings. The molecule has 1 aliphatic heterocycles. The maximum absolute atomic E-state index is 11.8. The molecule has 1 aromatic carbocycles. The van der Waals surface area contributed by atoms with Crippen LogP contribution in [0.15, 0.2) is 30.9 Å². The van der Waals surface area contributed by atoms with Gasteiger partial charge in [0.25, 0.3) is 5.91 Å². The number of hydrogen-bond acceptors (Lipinski definition) is 3. The first kappa shape index (κ1) is 10.5. The zero-order valence-corrected chi connectivity index (χ0v) is 8.95. The second-order valence-corrected chi connectivity index (χ2v) is 3.46. The smallest absolute Gasteiger partial charge is 0.255 e. The Labute approximate surface area is 94.3 Å². The topological polar surface area (TPSA) is 50.4 Å². The highest BCUT2D eigenvalue weighted by Gasteiger charge is 2.18. The molecule has 0 atom stereocenters. The quantitative estimate of drug-likeness (QED) is 0.754. The summed E-state index contributed by atoms with van der Waals surface area (Å²) in [6.45, 7) is 5.36. The van der Waals surface area contributed by atoms with E-state index in [9.17, 15) is 4.79 Å². The number of carbonyl (C=O) groups is 1. The molecule has 0 aliphatic carbocycles. The Bertz CT molecular complexity index is 415. The molecule has 0 unspecified atom stereocenters. The molecule has 0 spiro atoms. The van der Waals surface area contributed by atoms with Crippen LogP contribution in [-0.2, 0) is 0 Å². The molecular formula is C12H14N2O2. The molecule has 2 rings (SSSR count). The highest BCUT2D eigenvalue weighted by molar-refractivity contribution is 5.99. The molecule has 0 bridgehead atoms. The van der Waals surface area contributed by atoms with Gasteiger partial charge in [0.15, 0.2) is 5.75 Å². The number of ether oxygens (including phenoxy) is 1. The van der Waals surface area contributed by atoms with E-state index in [4.69, 9.17) is 4.74 Å². The highest BCUT2D eigenvalue weighted by atomic mass is 16.5. The molecule has 4 heteroatoms. The lowest BCUT2D eigenvalue weighted by molar-refractivity contribution is 0.0954. The maximum atomic E-state index is 11.8. The van der Waals surface area contributed by atoms with E-state index in [1.54, 1.807) is 12.1 Å². The van der Waals surface area contributed by atoms with Gasteiger partial charge in [-0.25, -0.2) is 0 Å². The van der Waals surface area contributed by atoms with Gasteiger partial charge in [-0.05, 0) is 12.1 Å². The van der Waals surface area contributed by atoms with Crippen LogP contribution in [0, 0.1) is 0 Å². The zero-order valence-electron chi connectivity index (χ0n) is 8.95. The lowest BCUT2D eigenvalue weighted by Crippen LogP contribution is -2.26. The van der Waals surface area contributed by atoms with Gasteiger partial charge in [0.05, 0.1) is 11.3 Å². The normalized spacial score (nSPS) is 13.0. The molecular weight excluding hydrogens is 204 g/mol. The maximum Gasteiger partial charge on any atom is 0.255 e. The molecule has 0 saturated carbocycles. The average molecular weight is 218 g/mol. The second kappa shape index (κ2) is 4.70. The molecule has 2 N–H and O–H groups in total. The number of rotatable bonds is 3. The third-order valence-corrected chi connectivity index (χ3v) is 2.33. The number of fused-ring (bicyclic) bond motifs is 1. The summed E-state index contributed by atoms with van der Waals surface area (Å²) >= 11 is 0. The van der Waals surface area contributed by atoms with Crippen LogP contribution in [0.4, 0.5) is 5.69 Å². The van der Waals surface area contributed by atoms with Gasteiger partial charge in [-0.15, -0.1) is 6.58 Å². The van der Waals surface area contributed by atoms with Crippen LogP contribution in [0.5, 0.6) is 5.75 Å². The minimum absolute atomic E-state index is 0.138. The zero-order chi connectivity index (χ0) is 11.4. The molecule has 0 saturated heterocycles. The van der Waals surface area contributed by atoms with Gasteiger partial charge in [-0.1, -0.05) is 12.1 Å². The van der Waals surface area contributed by atoms with Crippen LogP contribution in [0.1, 0.15) is 10.4 Å². The van der Waals surface area contributed by atoms with Crippen molar-refractivity contribution in [1.29, 1.82) is 0 Å². The summed E-state index contributed by atoms with van der Waals surface area (Å²) in [5, 5.41) is 5.92. The van der Waals surface area contributed by atoms with Crippen LogP contribution < -0.4 is 15.4 Å². The number of hydrogen-bond donors (Lipinski definition) is 2. The summed E-state index contributed by atoms with van der Waals surface area (Å²) in [4.78, 5) is 11.8. The van der Waals surface area contributed by atoms with Gasteiger partial charge in [0, 0.05) is 13.1 Å². The molecule has 1 heterocycles. The lowest BCUT2D eigenvalue weighted by atomic mass is 10.1. The summed E-state index contributed by atoms with van der Waals surface area (Å²) in [5.74, 6) is 0.496. The van der Waals surface area contributed by atoms with E-state index in [-0.39, 0.29) is 5.91 Å². The van der Waals surface area contributed by atoms with Gasteiger partial charge in [-0.2, -0.15) is 0 Å². The Morgan fingerprint density at radius 2 is 2.50 bits per heavy atom. The summed E-state index contributed by atoms with van der Waals surface area (Å²) < 4.78 is 5.51. The summed E-state index contributed by atoms with van der Waals surface area (Å²) in [6, 6.07) is 5.49. The van der Waals surface area contributed by atoms with Crippen LogP contribution >= 0.6 is 0 Å². The van der Waals surface area contributed by atoms with Crippen LogP contribution in [0.3, 0.4) is 0 Å². The van der Waals surface area contributed by atoms with Gasteiger partial charge in [0.2, 0.25) is 0 Å². The fraction of sp³-hybridized carbons (Fsp3) is 0.250. The first-order valence-corrected chi connectivity index (χ1v) is 5.21. The van der Waals surface area contributed by atoms with Crippen molar-refractivity contribution >= 4 is 11.6 Å². The Kier molecular flexibility index (Phi) is 3.10. The standard InChI is InChI=1S/C12H14N2O2/c1-2-6-14-12(15)9-4-3-5-10-11(9)16-8-7-13-10/h2-5,13H,1,6-8H2,(H,14,15). The molecule has 0 radical (unpaired) electrons. The van der Waals surface area contributed by atoms with E-state index in [2.05, 4.69) is 17.2 Å². The lowest BCUT2D eigenvalue weighted by Gasteiger charge is -2.21. The fourth-order valence-electron chi connectivity index (χ4n) is 1.61. The monoisotopic (exact) mass is 218 g/mol. The number of benzene rings is 1. The molecule has 1 aliphatic rings. The Balaban J connectivity index is 2.26. The molecule has 16 heavy (non-hydrogen) atoms. The van der Waals surface area contributed by atoms with Crippen molar-refractivity contribution in [3.8, 4) is 5.75 Å². The first-order valence-electron chi connectivity index (χ1n) is 5.21. The van der Waals surface area contributed by atoms with Crippen molar-refractivity contribution in [3.63, 3.8) is 0 Å². The van der Waals surface area contributed by atoms with E-state index < -0.39 is 0 Å². The van der Waals surface area contributed by atoms with Crippen LogP contribution in [0.25, 0.3) is 0 Å². The summed E-state index contributed by atoms with van der Waals surface area (Å²) in [7, 11) is 0. The van der Waals surface area contributed by atoms with Crippen LogP contribution in [-0.4, -0.2) is 25.6 Å². The third kappa shape index (κ3) is 2.00. The molecule has 84 valence electrons. The van der Waals surface area contributed by atoms with E-state index in [1.165, 1.54) is 0 Å². The van der Waals surface area contributed by atoms with Crippen LogP contribution in [0.2, 0.25) is 0 Å². The highest BCUT2D eigenvalue weighted by Crippen LogP contribution is 2.30. The summed E-state index contributed by atoms with van der Waals surface area (Å²) in [6.07, 6.45) is 1.65. The van der Waals surface area contributed by atoms with Crippen molar-refractivity contribution in [3.05, 3.63) is 36.4 Å². The van der Waals surface area contributed by atoms with Gasteiger partial charge in [0.1, 0.15) is 6.61 Å². The van der Waals surface area contributed by atoms with E-state index in [0.29, 0.717) is 24.5 Å². The minimum Gasteiger partial charge on any atom is -0.489 e. The molecule has 1 amide bonds. The van der Waals surface area contributed by atoms with E-state index in [1.807, 2.05) is 12.1 Å². The Morgan fingerprint density at radius 1 is 1.62 bits per heavy atom. The number of nitrogens with one attached hydrogen (secondary N) is 2. The molecule has 0 aromatic heterocycles. The molecule has 0 fully saturated rings. The SMILES string of the molecule is C=CCNC(=O)c1cccc2c1OCCN2. The first-order chi connectivity index (χ1) is 7.83. The Morgan fingerprint density at radius 3 is 3.31 bits per heavy atom. The van der Waals surface area contributed by atoms with E-state index in [0.717, 1.165) is 12.2 Å². The third-order valence-electron chi connectivity index (χ3n) is 2.33. The largest absolute Gasteiger partial charge is 0.489 e. The van der Waals surface area contributed by atoms with Crippen molar-refractivity contribution in [1.82, 2.24) is 5.32 Å². The Hall–Kier alpha value is -1.97. The van der Waals surface area contributed by atoms with Gasteiger partial charge < -0.3 is 15.4 Å². The number of anilines is 1. The minimum atomic E-state index is -0.138. The second-order valence-electron chi connectivity index (χ2n) is 3.46. The van der Waals surface area contributed by atoms with Gasteiger partial charge in [-0.3, -0.25) is 4.79 Å². The predicted octanol–water partition coefficient (Wildman–Crippen LogP) is 1.41. The predicted molar refractivity (Wildman–Crippen MR) is 63.0 cm³/mol. The summed E-state index contributed by atoms with van der Waals surface area (Å²) in [5.41, 5.74) is 1.43. The van der Waals surface area contributed by atoms with Crippen molar-refractivity contribution < 1.29 is 9.53 Å². The average Bonchev–Trinajstić information content (AvgIpc) is 2.35.